The van der Waals surface area contributed by atoms with Crippen LogP contribution in [0.4, 0.5) is 0 Å². The number of aromatic nitrogens is 3. The van der Waals surface area contributed by atoms with Gasteiger partial charge in [0.2, 0.25) is 10.0 Å². The van der Waals surface area contributed by atoms with E-state index >= 15 is 0 Å². The van der Waals surface area contributed by atoms with Gasteiger partial charge in [0.25, 0.3) is 0 Å². The van der Waals surface area contributed by atoms with Crippen molar-refractivity contribution in [2.24, 2.45) is 0 Å². The second kappa shape index (κ2) is 5.43. The Labute approximate surface area is 134 Å². The van der Waals surface area contributed by atoms with Crippen LogP contribution in [-0.4, -0.2) is 40.6 Å². The van der Waals surface area contributed by atoms with E-state index in [1.807, 2.05) is 35.1 Å². The molecule has 0 saturated carbocycles. The summed E-state index contributed by atoms with van der Waals surface area (Å²) in [5.41, 5.74) is 0.525. The van der Waals surface area contributed by atoms with Gasteiger partial charge < -0.3 is 0 Å². The lowest BCUT2D eigenvalue weighted by molar-refractivity contribution is 0.435. The smallest absolute Gasteiger partial charge is 0.245 e. The van der Waals surface area contributed by atoms with Crippen molar-refractivity contribution in [3.63, 3.8) is 0 Å². The molecule has 0 aliphatic carbocycles. The largest absolute Gasteiger partial charge is 0.268 e. The van der Waals surface area contributed by atoms with E-state index < -0.39 is 10.0 Å². The summed E-state index contributed by atoms with van der Waals surface area (Å²) in [4.78, 5) is 4.54. The SMILES string of the molecule is O=S(=O)(c1cccc2cccnc12)N1CCC(n2cccn2)C1. The first-order chi connectivity index (χ1) is 11.2. The Morgan fingerprint density at radius 3 is 2.78 bits per heavy atom. The molecule has 0 radical (unpaired) electrons. The van der Waals surface area contributed by atoms with Gasteiger partial charge in [0.1, 0.15) is 4.90 Å². The summed E-state index contributed by atoms with van der Waals surface area (Å²) in [6.07, 6.45) is 5.98. The lowest BCUT2D eigenvalue weighted by Crippen LogP contribution is -2.29. The van der Waals surface area contributed by atoms with E-state index in [4.69, 9.17) is 0 Å². The lowest BCUT2D eigenvalue weighted by Gasteiger charge is -2.17. The molecule has 1 fully saturated rings. The average Bonchev–Trinajstić information content (AvgIpc) is 3.25. The molecular weight excluding hydrogens is 312 g/mol. The standard InChI is InChI=1S/C16H16N4O2S/c21-23(22,15-6-1-4-13-5-2-8-17-16(13)15)19-11-7-14(12-19)20-10-3-9-18-20/h1-6,8-10,14H,7,11-12H2. The second-order valence-corrected chi connectivity index (χ2v) is 7.53. The maximum absolute atomic E-state index is 13.0. The first-order valence-electron chi connectivity index (χ1n) is 7.49. The van der Waals surface area contributed by atoms with Crippen LogP contribution in [0.15, 0.2) is 59.9 Å². The highest BCUT2D eigenvalue weighted by Gasteiger charge is 2.34. The molecule has 0 amide bonds. The summed E-state index contributed by atoms with van der Waals surface area (Å²) in [6.45, 7) is 0.934. The van der Waals surface area contributed by atoms with Gasteiger partial charge in [-0.3, -0.25) is 9.67 Å². The number of hydrogen-bond acceptors (Lipinski definition) is 4. The second-order valence-electron chi connectivity index (χ2n) is 5.62. The van der Waals surface area contributed by atoms with Crippen LogP contribution < -0.4 is 0 Å². The third-order valence-corrected chi connectivity index (χ3v) is 6.14. The van der Waals surface area contributed by atoms with Gasteiger partial charge in [-0.15, -0.1) is 0 Å². The maximum Gasteiger partial charge on any atom is 0.245 e. The molecule has 0 N–H and O–H groups in total. The van der Waals surface area contributed by atoms with Crippen LogP contribution in [0.3, 0.4) is 0 Å². The molecule has 23 heavy (non-hydrogen) atoms. The van der Waals surface area contributed by atoms with Crippen molar-refractivity contribution in [3.05, 3.63) is 55.0 Å². The summed E-state index contributed by atoms with van der Waals surface area (Å²) < 4.78 is 29.4. The number of benzene rings is 1. The molecule has 1 aliphatic heterocycles. The zero-order valence-corrected chi connectivity index (χ0v) is 13.2. The molecule has 3 aromatic rings. The minimum absolute atomic E-state index is 0.0858. The van der Waals surface area contributed by atoms with Gasteiger partial charge in [-0.1, -0.05) is 18.2 Å². The van der Waals surface area contributed by atoms with Crippen LogP contribution >= 0.6 is 0 Å². The van der Waals surface area contributed by atoms with Crippen molar-refractivity contribution < 1.29 is 8.42 Å². The van der Waals surface area contributed by atoms with E-state index in [2.05, 4.69) is 10.1 Å². The summed E-state index contributed by atoms with van der Waals surface area (Å²) in [6, 6.07) is 10.9. The van der Waals surface area contributed by atoms with Gasteiger partial charge >= 0.3 is 0 Å². The fourth-order valence-corrected chi connectivity index (χ4v) is 4.72. The number of nitrogens with zero attached hydrogens (tertiary/aromatic N) is 4. The number of fused-ring (bicyclic) bond motifs is 1. The van der Waals surface area contributed by atoms with Gasteiger partial charge in [-0.2, -0.15) is 9.40 Å². The van der Waals surface area contributed by atoms with Gasteiger partial charge in [0.15, 0.2) is 0 Å². The summed E-state index contributed by atoms with van der Waals surface area (Å²) >= 11 is 0. The molecule has 0 bridgehead atoms. The van der Waals surface area contributed by atoms with Crippen LogP contribution in [0.5, 0.6) is 0 Å². The number of rotatable bonds is 3. The minimum Gasteiger partial charge on any atom is -0.268 e. The predicted molar refractivity (Wildman–Crippen MR) is 86.4 cm³/mol. The molecule has 1 aromatic carbocycles. The van der Waals surface area contributed by atoms with Gasteiger partial charge in [-0.05, 0) is 24.6 Å². The first-order valence-corrected chi connectivity index (χ1v) is 8.93. The van der Waals surface area contributed by atoms with Gasteiger partial charge in [0.05, 0.1) is 11.6 Å². The number of sulfonamides is 1. The van der Waals surface area contributed by atoms with Crippen molar-refractivity contribution in [1.82, 2.24) is 19.1 Å². The van der Waals surface area contributed by atoms with Crippen molar-refractivity contribution in [3.8, 4) is 0 Å². The number of pyridine rings is 1. The van der Waals surface area contributed by atoms with Crippen molar-refractivity contribution in [2.75, 3.05) is 13.1 Å². The van der Waals surface area contributed by atoms with E-state index in [-0.39, 0.29) is 10.9 Å². The molecule has 2 aromatic heterocycles. The highest BCUT2D eigenvalue weighted by molar-refractivity contribution is 7.89. The number of para-hydroxylation sites is 1. The first kappa shape index (κ1) is 14.3. The Morgan fingerprint density at radius 1 is 1.09 bits per heavy atom. The molecule has 7 heteroatoms. The Balaban J connectivity index is 1.70. The normalized spacial score (nSPS) is 19.4. The zero-order valence-electron chi connectivity index (χ0n) is 12.4. The molecule has 0 spiro atoms. The zero-order chi connectivity index (χ0) is 15.9. The highest BCUT2D eigenvalue weighted by Crippen LogP contribution is 2.29. The van der Waals surface area contributed by atoms with Crippen LogP contribution in [-0.2, 0) is 10.0 Å². The van der Waals surface area contributed by atoms with Crippen LogP contribution in [0.1, 0.15) is 12.5 Å². The highest BCUT2D eigenvalue weighted by atomic mass is 32.2. The summed E-state index contributed by atoms with van der Waals surface area (Å²) in [5, 5.41) is 5.05. The van der Waals surface area contributed by atoms with Crippen molar-refractivity contribution >= 4 is 20.9 Å². The Bertz CT molecular complexity index is 932. The van der Waals surface area contributed by atoms with Gasteiger partial charge in [0, 0.05) is 37.1 Å². The third-order valence-electron chi connectivity index (χ3n) is 4.24. The predicted octanol–water partition coefficient (Wildman–Crippen LogP) is 2.07. The van der Waals surface area contributed by atoms with Gasteiger partial charge in [-0.25, -0.2) is 8.42 Å². The van der Waals surface area contributed by atoms with Crippen LogP contribution in [0.25, 0.3) is 10.9 Å². The van der Waals surface area contributed by atoms with Crippen LogP contribution in [0.2, 0.25) is 0 Å². The molecule has 118 valence electrons. The summed E-state index contributed by atoms with van der Waals surface area (Å²) in [5.74, 6) is 0. The molecule has 1 atom stereocenters. The van der Waals surface area contributed by atoms with E-state index in [1.54, 1.807) is 24.5 Å². The molecule has 1 unspecified atom stereocenters. The lowest BCUT2D eigenvalue weighted by atomic mass is 10.2. The van der Waals surface area contributed by atoms with E-state index in [0.29, 0.717) is 18.6 Å². The van der Waals surface area contributed by atoms with Crippen molar-refractivity contribution in [2.45, 2.75) is 17.4 Å². The Hall–Kier alpha value is -2.25. The third kappa shape index (κ3) is 2.42. The molecule has 1 saturated heterocycles. The molecule has 1 aliphatic rings. The molecule has 6 nitrogen and oxygen atoms in total. The monoisotopic (exact) mass is 328 g/mol. The maximum atomic E-state index is 13.0. The van der Waals surface area contributed by atoms with E-state index in [0.717, 1.165) is 11.8 Å². The minimum atomic E-state index is -3.56. The fourth-order valence-electron chi connectivity index (χ4n) is 3.06. The summed E-state index contributed by atoms with van der Waals surface area (Å²) in [7, 11) is -3.56. The molecule has 3 heterocycles. The number of hydrogen-bond donors (Lipinski definition) is 0. The fraction of sp³-hybridized carbons (Fsp3) is 0.250. The average molecular weight is 328 g/mol. The molecule has 4 rings (SSSR count). The van der Waals surface area contributed by atoms with Crippen LogP contribution in [0, 0.1) is 0 Å². The quantitative estimate of drug-likeness (QED) is 0.738. The Morgan fingerprint density at radius 2 is 1.96 bits per heavy atom. The van der Waals surface area contributed by atoms with E-state index in [9.17, 15) is 8.42 Å². The molecular formula is C16H16N4O2S. The van der Waals surface area contributed by atoms with Crippen molar-refractivity contribution in [1.29, 1.82) is 0 Å². The van der Waals surface area contributed by atoms with E-state index in [1.165, 1.54) is 4.31 Å². The topological polar surface area (TPSA) is 68.1 Å². The Kier molecular flexibility index (Phi) is 3.39.